The Morgan fingerprint density at radius 2 is 2.50 bits per heavy atom. The Balaban J connectivity index is 1.97. The van der Waals surface area contributed by atoms with Crippen molar-refractivity contribution in [3.8, 4) is 0 Å². The number of esters is 1. The highest BCUT2D eigenvalue weighted by Gasteiger charge is 2.16. The summed E-state index contributed by atoms with van der Waals surface area (Å²) in [5.74, 6) is 0.175. The number of rotatable bonds is 4. The number of carbonyl (C=O) groups excluding carboxylic acids is 1. The maximum Gasteiger partial charge on any atom is 0.341 e. The van der Waals surface area contributed by atoms with Crippen LogP contribution < -0.4 is 5.32 Å². The SMILES string of the molecule is COC(=O)c1cccnc1NCC1CCCCO1. The summed E-state index contributed by atoms with van der Waals surface area (Å²) in [6, 6.07) is 3.41. The van der Waals surface area contributed by atoms with Crippen molar-refractivity contribution in [2.75, 3.05) is 25.6 Å². The first-order chi connectivity index (χ1) is 8.81. The lowest BCUT2D eigenvalue weighted by Crippen LogP contribution is -2.27. The third kappa shape index (κ3) is 3.20. The molecule has 0 bridgehead atoms. The van der Waals surface area contributed by atoms with Crippen LogP contribution in [-0.4, -0.2) is 37.3 Å². The number of nitrogens with zero attached hydrogens (tertiary/aromatic N) is 1. The number of ether oxygens (including phenoxy) is 2. The van der Waals surface area contributed by atoms with E-state index in [9.17, 15) is 4.79 Å². The van der Waals surface area contributed by atoms with Crippen LogP contribution in [0.1, 0.15) is 29.6 Å². The minimum atomic E-state index is -0.379. The third-order valence-corrected chi connectivity index (χ3v) is 2.98. The molecule has 1 aliphatic rings. The summed E-state index contributed by atoms with van der Waals surface area (Å²) >= 11 is 0. The minimum Gasteiger partial charge on any atom is -0.465 e. The van der Waals surface area contributed by atoms with Crippen LogP contribution in [-0.2, 0) is 9.47 Å². The van der Waals surface area contributed by atoms with E-state index in [1.165, 1.54) is 13.5 Å². The standard InChI is InChI=1S/C13H18N2O3/c1-17-13(16)11-6-4-7-14-12(11)15-9-10-5-2-3-8-18-10/h4,6-7,10H,2-3,5,8-9H2,1H3,(H,14,15). The molecule has 0 aliphatic carbocycles. The zero-order valence-corrected chi connectivity index (χ0v) is 10.5. The zero-order valence-electron chi connectivity index (χ0n) is 10.5. The largest absolute Gasteiger partial charge is 0.465 e. The average Bonchev–Trinajstić information content (AvgIpc) is 2.45. The molecule has 5 heteroatoms. The van der Waals surface area contributed by atoms with Crippen molar-refractivity contribution >= 4 is 11.8 Å². The van der Waals surface area contributed by atoms with Crippen molar-refractivity contribution in [2.24, 2.45) is 0 Å². The molecule has 1 atom stereocenters. The number of methoxy groups -OCH3 is 1. The molecule has 1 saturated heterocycles. The van der Waals surface area contributed by atoms with Crippen molar-refractivity contribution in [3.05, 3.63) is 23.9 Å². The molecular weight excluding hydrogens is 232 g/mol. The van der Waals surface area contributed by atoms with Gasteiger partial charge < -0.3 is 14.8 Å². The van der Waals surface area contributed by atoms with Crippen molar-refractivity contribution < 1.29 is 14.3 Å². The fraction of sp³-hybridized carbons (Fsp3) is 0.538. The normalized spacial score (nSPS) is 19.3. The number of hydrogen-bond donors (Lipinski definition) is 1. The summed E-state index contributed by atoms with van der Waals surface area (Å²) in [4.78, 5) is 15.7. The first kappa shape index (κ1) is 12.8. The van der Waals surface area contributed by atoms with Crippen LogP contribution in [0.2, 0.25) is 0 Å². The Labute approximate surface area is 107 Å². The maximum atomic E-state index is 11.6. The number of aromatic nitrogens is 1. The molecule has 0 amide bonds. The van der Waals surface area contributed by atoms with E-state index in [4.69, 9.17) is 9.47 Å². The molecule has 1 aromatic heterocycles. The van der Waals surface area contributed by atoms with Gasteiger partial charge in [0.05, 0.1) is 13.2 Å². The number of hydrogen-bond acceptors (Lipinski definition) is 5. The van der Waals surface area contributed by atoms with Gasteiger partial charge in [0.15, 0.2) is 0 Å². The van der Waals surface area contributed by atoms with Gasteiger partial charge in [-0.15, -0.1) is 0 Å². The van der Waals surface area contributed by atoms with Crippen LogP contribution in [0.4, 0.5) is 5.82 Å². The van der Waals surface area contributed by atoms with Crippen molar-refractivity contribution in [3.63, 3.8) is 0 Å². The van der Waals surface area contributed by atoms with Crippen molar-refractivity contribution in [1.29, 1.82) is 0 Å². The fourth-order valence-electron chi connectivity index (χ4n) is 2.00. The summed E-state index contributed by atoms with van der Waals surface area (Å²) in [7, 11) is 1.36. The van der Waals surface area contributed by atoms with E-state index < -0.39 is 0 Å². The number of nitrogens with one attached hydrogen (secondary N) is 1. The Morgan fingerprint density at radius 3 is 3.22 bits per heavy atom. The first-order valence-electron chi connectivity index (χ1n) is 6.20. The lowest BCUT2D eigenvalue weighted by molar-refractivity contribution is 0.0246. The van der Waals surface area contributed by atoms with Crippen molar-refractivity contribution in [1.82, 2.24) is 4.98 Å². The highest BCUT2D eigenvalue weighted by molar-refractivity contribution is 5.94. The van der Waals surface area contributed by atoms with Gasteiger partial charge in [0.25, 0.3) is 0 Å². The highest BCUT2D eigenvalue weighted by Crippen LogP contribution is 2.16. The monoisotopic (exact) mass is 250 g/mol. The second-order valence-electron chi connectivity index (χ2n) is 4.26. The molecule has 1 unspecified atom stereocenters. The molecule has 0 aromatic carbocycles. The molecule has 5 nitrogen and oxygen atoms in total. The summed E-state index contributed by atoms with van der Waals surface area (Å²) < 4.78 is 10.3. The van der Waals surface area contributed by atoms with E-state index >= 15 is 0 Å². The van der Waals surface area contributed by atoms with Crippen LogP contribution in [0.5, 0.6) is 0 Å². The zero-order chi connectivity index (χ0) is 12.8. The Morgan fingerprint density at radius 1 is 1.61 bits per heavy atom. The van der Waals surface area contributed by atoms with Crippen LogP contribution in [0.25, 0.3) is 0 Å². The van der Waals surface area contributed by atoms with Gasteiger partial charge in [0.2, 0.25) is 0 Å². The lowest BCUT2D eigenvalue weighted by atomic mass is 10.1. The van der Waals surface area contributed by atoms with Crippen molar-refractivity contribution in [2.45, 2.75) is 25.4 Å². The quantitative estimate of drug-likeness (QED) is 0.826. The number of carbonyl (C=O) groups is 1. The maximum absolute atomic E-state index is 11.6. The van der Waals surface area contributed by atoms with E-state index in [1.807, 2.05) is 0 Å². The lowest BCUT2D eigenvalue weighted by Gasteiger charge is -2.23. The molecular formula is C13H18N2O3. The summed E-state index contributed by atoms with van der Waals surface area (Å²) in [5.41, 5.74) is 0.454. The summed E-state index contributed by atoms with van der Waals surface area (Å²) in [6.07, 6.45) is 5.22. The Bertz CT molecular complexity index is 403. The van der Waals surface area contributed by atoms with Gasteiger partial charge in [-0.2, -0.15) is 0 Å². The second-order valence-corrected chi connectivity index (χ2v) is 4.26. The molecule has 2 heterocycles. The molecule has 0 saturated carbocycles. The predicted octanol–water partition coefficient (Wildman–Crippen LogP) is 1.85. The van der Waals surface area contributed by atoms with Gasteiger partial charge in [-0.1, -0.05) is 0 Å². The molecule has 0 radical (unpaired) electrons. The Kier molecular flexibility index (Phi) is 4.52. The molecule has 18 heavy (non-hydrogen) atoms. The number of anilines is 1. The van der Waals surface area contributed by atoms with Crippen LogP contribution in [0, 0.1) is 0 Å². The van der Waals surface area contributed by atoms with E-state index in [0.29, 0.717) is 17.9 Å². The van der Waals surface area contributed by atoms with Gasteiger partial charge in [-0.25, -0.2) is 9.78 Å². The van der Waals surface area contributed by atoms with Crippen LogP contribution in [0.15, 0.2) is 18.3 Å². The molecule has 1 aliphatic heterocycles. The van der Waals surface area contributed by atoms with Gasteiger partial charge in [0.1, 0.15) is 11.4 Å². The molecule has 98 valence electrons. The topological polar surface area (TPSA) is 60.5 Å². The molecule has 0 spiro atoms. The average molecular weight is 250 g/mol. The summed E-state index contributed by atoms with van der Waals surface area (Å²) in [6.45, 7) is 1.49. The second kappa shape index (κ2) is 6.35. The van der Waals surface area contributed by atoms with Gasteiger partial charge in [-0.3, -0.25) is 0 Å². The smallest absolute Gasteiger partial charge is 0.341 e. The number of pyridine rings is 1. The van der Waals surface area contributed by atoms with Crippen LogP contribution >= 0.6 is 0 Å². The van der Waals surface area contributed by atoms with E-state index in [0.717, 1.165) is 19.4 Å². The van der Waals surface area contributed by atoms with Crippen LogP contribution in [0.3, 0.4) is 0 Å². The predicted molar refractivity (Wildman–Crippen MR) is 67.7 cm³/mol. The van der Waals surface area contributed by atoms with Gasteiger partial charge in [0, 0.05) is 19.3 Å². The van der Waals surface area contributed by atoms with Gasteiger partial charge >= 0.3 is 5.97 Å². The van der Waals surface area contributed by atoms with E-state index in [1.54, 1.807) is 18.3 Å². The molecule has 2 rings (SSSR count). The molecule has 1 fully saturated rings. The summed E-state index contributed by atoms with van der Waals surface area (Å²) in [5, 5.41) is 3.16. The third-order valence-electron chi connectivity index (χ3n) is 2.98. The Hall–Kier alpha value is -1.62. The van der Waals surface area contributed by atoms with E-state index in [2.05, 4.69) is 10.3 Å². The fourth-order valence-corrected chi connectivity index (χ4v) is 2.00. The molecule has 1 aromatic rings. The first-order valence-corrected chi connectivity index (χ1v) is 6.20. The van der Waals surface area contributed by atoms with Gasteiger partial charge in [-0.05, 0) is 31.4 Å². The van der Waals surface area contributed by atoms with E-state index in [-0.39, 0.29) is 12.1 Å². The molecule has 1 N–H and O–H groups in total. The minimum absolute atomic E-state index is 0.200. The highest BCUT2D eigenvalue weighted by atomic mass is 16.5.